The monoisotopic (exact) mass is 982 g/mol. The molecule has 9 rings (SSSR count). The van der Waals surface area contributed by atoms with Gasteiger partial charge < -0.3 is 14.0 Å². The summed E-state index contributed by atoms with van der Waals surface area (Å²) in [5.74, 6) is 0.816. The summed E-state index contributed by atoms with van der Waals surface area (Å²) in [6.45, 7) is 19.2. The standard InChI is InChI=1S/C31H19N2O.C23H34NSi.Ir/c1-2-10-21(11-3-1)22-12-8-13-23(20-22)33-28-18-6-5-17-27(28)32-31(33)26-16-9-15-25-24-14-4-7-19-29(24)34-30(25)26;1-22(2,3)15-18-14-20(24-16-21(18)25(7,8)9)17-11-10-12-19(13-17)23(4,5)6;/h1-15,17-20H;10,12-14,16H,15H2,1-9H3;/q2*-1;/i;15D2;. The van der Waals surface area contributed by atoms with Crippen LogP contribution in [0.1, 0.15) is 55.4 Å². The molecular weight excluding hydrogens is 927 g/mol. The van der Waals surface area contributed by atoms with Crippen molar-refractivity contribution < 1.29 is 27.3 Å². The van der Waals surface area contributed by atoms with Gasteiger partial charge in [0.15, 0.2) is 0 Å². The SMILES string of the molecule is [2H]C([2H])(c1cc(-c2[c-]ccc(C(C)(C)C)c2)ncc1[Si](C)(C)C)C(C)(C)C.[Ir].[c-]1ccc2c(oc3ccccc32)c1-c1nc2ccccc2n1-c1cccc(-c2ccccc2)c1. The molecule has 0 spiro atoms. The van der Waals surface area contributed by atoms with Crippen molar-refractivity contribution >= 4 is 46.2 Å². The summed E-state index contributed by atoms with van der Waals surface area (Å²) in [7, 11) is -1.74. The number of imidazole rings is 1. The second-order valence-corrected chi connectivity index (χ2v) is 23.4. The van der Waals surface area contributed by atoms with Crippen LogP contribution in [0.5, 0.6) is 0 Å². The van der Waals surface area contributed by atoms with Gasteiger partial charge in [-0.15, -0.1) is 53.6 Å². The Balaban J connectivity index is 0.000000189. The number of pyridine rings is 1. The third-order valence-corrected chi connectivity index (χ3v) is 12.5. The van der Waals surface area contributed by atoms with Gasteiger partial charge in [-0.2, -0.15) is 0 Å². The van der Waals surface area contributed by atoms with Crippen LogP contribution < -0.4 is 5.19 Å². The van der Waals surface area contributed by atoms with Crippen molar-refractivity contribution in [1.82, 2.24) is 14.5 Å². The molecule has 0 amide bonds. The number of furan rings is 1. The maximum Gasteiger partial charge on any atom is 0.120 e. The molecule has 9 aromatic rings. The predicted molar refractivity (Wildman–Crippen MR) is 251 cm³/mol. The average molecular weight is 982 g/mol. The van der Waals surface area contributed by atoms with Crippen LogP contribution in [0, 0.1) is 17.5 Å². The normalized spacial score (nSPS) is 12.8. The molecule has 0 saturated carbocycles. The average Bonchev–Trinajstić information content (AvgIpc) is 3.82. The van der Waals surface area contributed by atoms with E-state index < -0.39 is 19.9 Å². The Kier molecular flexibility index (Phi) is 11.3. The van der Waals surface area contributed by atoms with Gasteiger partial charge in [-0.3, -0.25) is 4.98 Å². The van der Waals surface area contributed by atoms with E-state index in [2.05, 4.69) is 148 Å². The molecule has 0 N–H and O–H groups in total. The van der Waals surface area contributed by atoms with Gasteiger partial charge in [-0.1, -0.05) is 157 Å². The van der Waals surface area contributed by atoms with E-state index in [9.17, 15) is 0 Å². The summed E-state index contributed by atoms with van der Waals surface area (Å²) in [6, 6.07) is 54.3. The fourth-order valence-corrected chi connectivity index (χ4v) is 8.95. The molecule has 6 heteroatoms. The number of para-hydroxylation sites is 3. The number of nitrogens with zero attached hydrogens (tertiary/aromatic N) is 3. The summed E-state index contributed by atoms with van der Waals surface area (Å²) >= 11 is 0. The summed E-state index contributed by atoms with van der Waals surface area (Å²) in [5.41, 5.74) is 11.2. The fourth-order valence-electron chi connectivity index (χ4n) is 7.56. The minimum absolute atomic E-state index is 0. The van der Waals surface area contributed by atoms with Crippen LogP contribution in [-0.2, 0) is 31.9 Å². The van der Waals surface area contributed by atoms with Crippen molar-refractivity contribution in [2.45, 2.75) is 73.0 Å². The number of benzene rings is 6. The van der Waals surface area contributed by atoms with Crippen molar-refractivity contribution in [1.29, 1.82) is 0 Å². The van der Waals surface area contributed by atoms with Gasteiger partial charge in [-0.05, 0) is 69.5 Å². The molecule has 1 radical (unpaired) electrons. The summed E-state index contributed by atoms with van der Waals surface area (Å²) in [4.78, 5) is 9.79. The van der Waals surface area contributed by atoms with E-state index in [1.54, 1.807) is 0 Å². The molecule has 4 nitrogen and oxygen atoms in total. The van der Waals surface area contributed by atoms with Gasteiger partial charge in [0.1, 0.15) is 5.58 Å². The van der Waals surface area contributed by atoms with E-state index >= 15 is 0 Å². The predicted octanol–water partition coefficient (Wildman–Crippen LogP) is 14.0. The summed E-state index contributed by atoms with van der Waals surface area (Å²) in [6.07, 6.45) is 0.472. The van der Waals surface area contributed by atoms with Crippen molar-refractivity contribution in [2.24, 2.45) is 5.41 Å². The molecule has 0 bridgehead atoms. The second-order valence-electron chi connectivity index (χ2n) is 18.4. The minimum atomic E-state index is -1.74. The zero-order valence-electron chi connectivity index (χ0n) is 37.9. The molecule has 3 heterocycles. The molecule has 0 fully saturated rings. The summed E-state index contributed by atoms with van der Waals surface area (Å²) in [5, 5.41) is 3.26. The fraction of sp³-hybridized carbons (Fsp3) is 0.222. The Morgan fingerprint density at radius 1 is 0.717 bits per heavy atom. The second kappa shape index (κ2) is 16.9. The van der Waals surface area contributed by atoms with Crippen molar-refractivity contribution in [3.05, 3.63) is 169 Å². The topological polar surface area (TPSA) is 43.9 Å². The number of aromatic nitrogens is 3. The Morgan fingerprint density at radius 3 is 2.17 bits per heavy atom. The Morgan fingerprint density at radius 2 is 1.42 bits per heavy atom. The number of hydrogen-bond donors (Lipinski definition) is 0. The van der Waals surface area contributed by atoms with E-state index in [1.165, 1.54) is 11.1 Å². The maximum absolute atomic E-state index is 8.89. The molecule has 0 aliphatic carbocycles. The largest absolute Gasteiger partial charge is 0.501 e. The van der Waals surface area contributed by atoms with Crippen LogP contribution in [0.3, 0.4) is 0 Å². The first-order valence-electron chi connectivity index (χ1n) is 21.4. The van der Waals surface area contributed by atoms with E-state index in [1.807, 2.05) is 75.5 Å². The molecular formula is C54H53IrN3OSi-2. The molecule has 0 saturated heterocycles. The quantitative estimate of drug-likeness (QED) is 0.123. The maximum atomic E-state index is 8.89. The van der Waals surface area contributed by atoms with Crippen molar-refractivity contribution in [3.63, 3.8) is 0 Å². The van der Waals surface area contributed by atoms with Crippen LogP contribution in [0.4, 0.5) is 0 Å². The summed E-state index contributed by atoms with van der Waals surface area (Å²) < 4.78 is 26.3. The van der Waals surface area contributed by atoms with Gasteiger partial charge in [-0.25, -0.2) is 0 Å². The third-order valence-electron chi connectivity index (χ3n) is 10.5. The van der Waals surface area contributed by atoms with Gasteiger partial charge in [0.05, 0.1) is 30.5 Å². The Hall–Kier alpha value is -5.39. The van der Waals surface area contributed by atoms with Crippen LogP contribution in [0.25, 0.3) is 72.4 Å². The van der Waals surface area contributed by atoms with Gasteiger partial charge in [0.25, 0.3) is 0 Å². The van der Waals surface area contributed by atoms with Crippen LogP contribution in [0.15, 0.2) is 150 Å². The number of hydrogen-bond acceptors (Lipinski definition) is 3. The van der Waals surface area contributed by atoms with E-state index in [0.29, 0.717) is 0 Å². The van der Waals surface area contributed by atoms with Gasteiger partial charge in [0.2, 0.25) is 0 Å². The van der Waals surface area contributed by atoms with Crippen molar-refractivity contribution in [2.75, 3.05) is 0 Å². The van der Waals surface area contributed by atoms with E-state index in [4.69, 9.17) is 17.1 Å². The third kappa shape index (κ3) is 9.02. The molecule has 0 unspecified atom stereocenters. The van der Waals surface area contributed by atoms with Crippen molar-refractivity contribution in [3.8, 4) is 39.5 Å². The molecule has 6 aromatic carbocycles. The van der Waals surface area contributed by atoms with E-state index in [-0.39, 0.29) is 25.5 Å². The zero-order chi connectivity index (χ0) is 43.3. The molecule has 3 aromatic heterocycles. The zero-order valence-corrected chi connectivity index (χ0v) is 39.3. The molecule has 305 valence electrons. The number of fused-ring (bicyclic) bond motifs is 4. The molecule has 0 atom stereocenters. The molecule has 0 aliphatic heterocycles. The van der Waals surface area contributed by atoms with Crippen LogP contribution in [0.2, 0.25) is 19.6 Å². The first-order valence-corrected chi connectivity index (χ1v) is 23.9. The van der Waals surface area contributed by atoms with Crippen LogP contribution >= 0.6 is 0 Å². The molecule has 60 heavy (non-hydrogen) atoms. The Bertz CT molecular complexity index is 3020. The molecule has 0 aliphatic rings. The minimum Gasteiger partial charge on any atom is -0.501 e. The van der Waals surface area contributed by atoms with Gasteiger partial charge >= 0.3 is 0 Å². The first kappa shape index (κ1) is 40.0. The first-order chi connectivity index (χ1) is 28.9. The van der Waals surface area contributed by atoms with Gasteiger partial charge in [0, 0.05) is 40.1 Å². The number of rotatable bonds is 6. The Labute approximate surface area is 372 Å². The smallest absolute Gasteiger partial charge is 0.120 e. The van der Waals surface area contributed by atoms with Crippen LogP contribution in [-0.4, -0.2) is 22.6 Å². The van der Waals surface area contributed by atoms with E-state index in [0.717, 1.165) is 77.6 Å².